The predicted molar refractivity (Wildman–Crippen MR) is 80.8 cm³/mol. The lowest BCUT2D eigenvalue weighted by molar-refractivity contribution is -0.128. The van der Waals surface area contributed by atoms with Crippen molar-refractivity contribution in [3.8, 4) is 28.4 Å². The van der Waals surface area contributed by atoms with Crippen LogP contribution in [0.3, 0.4) is 0 Å². The summed E-state index contributed by atoms with van der Waals surface area (Å²) in [6.45, 7) is 3.33. The van der Waals surface area contributed by atoms with E-state index in [1.807, 2.05) is 0 Å². The van der Waals surface area contributed by atoms with Gasteiger partial charge in [-0.15, -0.1) is 0 Å². The van der Waals surface area contributed by atoms with Crippen molar-refractivity contribution >= 4 is 5.97 Å². The molecule has 0 aliphatic carbocycles. The SMILES string of the molecule is C=CC(=O)Oc1cccc(F)c1-c1cc(OC)cc(OC)c1. The number of rotatable bonds is 5. The third-order valence-corrected chi connectivity index (χ3v) is 2.99. The van der Waals surface area contributed by atoms with E-state index in [9.17, 15) is 9.18 Å². The topological polar surface area (TPSA) is 44.8 Å². The van der Waals surface area contributed by atoms with E-state index in [0.29, 0.717) is 17.1 Å². The van der Waals surface area contributed by atoms with Gasteiger partial charge >= 0.3 is 5.97 Å². The summed E-state index contributed by atoms with van der Waals surface area (Å²) in [6, 6.07) is 9.18. The number of halogens is 1. The Hall–Kier alpha value is -2.82. The molecule has 0 N–H and O–H groups in total. The van der Waals surface area contributed by atoms with Gasteiger partial charge in [0.15, 0.2) is 0 Å². The van der Waals surface area contributed by atoms with Gasteiger partial charge in [0.1, 0.15) is 23.1 Å². The molecule has 114 valence electrons. The maximum atomic E-state index is 14.3. The molecule has 0 radical (unpaired) electrons. The molecule has 0 aromatic heterocycles. The first-order valence-corrected chi connectivity index (χ1v) is 6.45. The third-order valence-electron chi connectivity index (χ3n) is 2.99. The molecular weight excluding hydrogens is 287 g/mol. The van der Waals surface area contributed by atoms with E-state index in [0.717, 1.165) is 6.08 Å². The van der Waals surface area contributed by atoms with Crippen LogP contribution in [0.5, 0.6) is 17.2 Å². The Kier molecular flexibility index (Phi) is 4.78. The minimum absolute atomic E-state index is 0.0974. The van der Waals surface area contributed by atoms with Crippen LogP contribution in [-0.2, 0) is 4.79 Å². The molecule has 22 heavy (non-hydrogen) atoms. The number of carbonyl (C=O) groups is 1. The fraction of sp³-hybridized carbons (Fsp3) is 0.118. The number of hydrogen-bond donors (Lipinski definition) is 0. The summed E-state index contributed by atoms with van der Waals surface area (Å²) in [5.74, 6) is -0.0937. The second kappa shape index (κ2) is 6.76. The van der Waals surface area contributed by atoms with Crippen molar-refractivity contribution in [1.29, 1.82) is 0 Å². The van der Waals surface area contributed by atoms with E-state index in [2.05, 4.69) is 6.58 Å². The summed E-state index contributed by atoms with van der Waals surface area (Å²) in [5, 5.41) is 0. The van der Waals surface area contributed by atoms with Gasteiger partial charge in [-0.25, -0.2) is 9.18 Å². The highest BCUT2D eigenvalue weighted by molar-refractivity contribution is 5.85. The van der Waals surface area contributed by atoms with Crippen molar-refractivity contribution in [2.45, 2.75) is 0 Å². The Morgan fingerprint density at radius 2 is 1.77 bits per heavy atom. The van der Waals surface area contributed by atoms with E-state index >= 15 is 0 Å². The van der Waals surface area contributed by atoms with E-state index < -0.39 is 11.8 Å². The molecule has 5 heteroatoms. The van der Waals surface area contributed by atoms with Crippen LogP contribution in [0.15, 0.2) is 49.1 Å². The average molecular weight is 302 g/mol. The molecule has 0 aliphatic rings. The summed E-state index contributed by atoms with van der Waals surface area (Å²) in [6.07, 6.45) is 1.01. The minimum atomic E-state index is -0.665. The molecule has 0 saturated carbocycles. The van der Waals surface area contributed by atoms with Gasteiger partial charge in [0.2, 0.25) is 0 Å². The van der Waals surface area contributed by atoms with Gasteiger partial charge in [-0.05, 0) is 29.8 Å². The molecular formula is C17H15FO4. The smallest absolute Gasteiger partial charge is 0.335 e. The van der Waals surface area contributed by atoms with Crippen molar-refractivity contribution in [3.05, 3.63) is 54.9 Å². The zero-order valence-corrected chi connectivity index (χ0v) is 12.3. The van der Waals surface area contributed by atoms with Crippen LogP contribution in [-0.4, -0.2) is 20.2 Å². The van der Waals surface area contributed by atoms with E-state index in [1.54, 1.807) is 18.2 Å². The Labute approximate surface area is 127 Å². The average Bonchev–Trinajstić information content (AvgIpc) is 2.54. The van der Waals surface area contributed by atoms with Gasteiger partial charge in [-0.1, -0.05) is 12.6 Å². The Balaban J connectivity index is 2.60. The van der Waals surface area contributed by atoms with Crippen molar-refractivity contribution in [1.82, 2.24) is 0 Å². The third kappa shape index (κ3) is 3.25. The highest BCUT2D eigenvalue weighted by Gasteiger charge is 2.16. The molecule has 0 fully saturated rings. The molecule has 2 aromatic rings. The molecule has 0 saturated heterocycles. The van der Waals surface area contributed by atoms with Crippen molar-refractivity contribution in [3.63, 3.8) is 0 Å². The second-order valence-corrected chi connectivity index (χ2v) is 4.34. The van der Waals surface area contributed by atoms with E-state index in [1.165, 1.54) is 32.4 Å². The maximum absolute atomic E-state index is 14.3. The van der Waals surface area contributed by atoms with Crippen LogP contribution in [0.2, 0.25) is 0 Å². The fourth-order valence-corrected chi connectivity index (χ4v) is 1.97. The second-order valence-electron chi connectivity index (χ2n) is 4.34. The lowest BCUT2D eigenvalue weighted by Gasteiger charge is -2.13. The number of carbonyl (C=O) groups excluding carboxylic acids is 1. The highest BCUT2D eigenvalue weighted by atomic mass is 19.1. The number of esters is 1. The van der Waals surface area contributed by atoms with Crippen LogP contribution in [0.25, 0.3) is 11.1 Å². The lowest BCUT2D eigenvalue weighted by Crippen LogP contribution is -2.05. The Morgan fingerprint density at radius 3 is 2.32 bits per heavy atom. The van der Waals surface area contributed by atoms with Crippen LogP contribution in [0.1, 0.15) is 0 Å². The first-order chi connectivity index (χ1) is 10.6. The molecule has 0 amide bonds. The first kappa shape index (κ1) is 15.6. The summed E-state index contributed by atoms with van der Waals surface area (Å²) < 4.78 is 29.7. The number of hydrogen-bond acceptors (Lipinski definition) is 4. The summed E-state index contributed by atoms with van der Waals surface area (Å²) in [7, 11) is 3.00. The van der Waals surface area contributed by atoms with Gasteiger partial charge in [-0.3, -0.25) is 0 Å². The Morgan fingerprint density at radius 1 is 1.14 bits per heavy atom. The summed E-state index contributed by atoms with van der Waals surface area (Å²) in [5.41, 5.74) is 0.621. The summed E-state index contributed by atoms with van der Waals surface area (Å²) >= 11 is 0. The minimum Gasteiger partial charge on any atom is -0.497 e. The van der Waals surface area contributed by atoms with Crippen LogP contribution < -0.4 is 14.2 Å². The van der Waals surface area contributed by atoms with Crippen molar-refractivity contribution in [2.24, 2.45) is 0 Å². The largest absolute Gasteiger partial charge is 0.497 e. The van der Waals surface area contributed by atoms with E-state index in [4.69, 9.17) is 14.2 Å². The van der Waals surface area contributed by atoms with Gasteiger partial charge in [0.05, 0.1) is 19.8 Å². The van der Waals surface area contributed by atoms with Crippen LogP contribution in [0, 0.1) is 5.82 Å². The maximum Gasteiger partial charge on any atom is 0.335 e. The van der Waals surface area contributed by atoms with Crippen LogP contribution in [0.4, 0.5) is 4.39 Å². The molecule has 4 nitrogen and oxygen atoms in total. The lowest BCUT2D eigenvalue weighted by atomic mass is 10.0. The van der Waals surface area contributed by atoms with Crippen molar-refractivity contribution in [2.75, 3.05) is 14.2 Å². The number of ether oxygens (including phenoxy) is 3. The fourth-order valence-electron chi connectivity index (χ4n) is 1.97. The first-order valence-electron chi connectivity index (χ1n) is 6.45. The standard InChI is InChI=1S/C17H15FO4/c1-4-16(19)22-15-7-5-6-14(18)17(15)11-8-12(20-2)10-13(9-11)21-3/h4-10H,1H2,2-3H3. The number of methoxy groups -OCH3 is 2. The highest BCUT2D eigenvalue weighted by Crippen LogP contribution is 2.37. The monoisotopic (exact) mass is 302 g/mol. The molecule has 0 unspecified atom stereocenters. The molecule has 0 heterocycles. The van der Waals surface area contributed by atoms with Gasteiger partial charge in [-0.2, -0.15) is 0 Å². The van der Waals surface area contributed by atoms with Gasteiger partial charge in [0.25, 0.3) is 0 Å². The number of benzene rings is 2. The molecule has 2 rings (SSSR count). The molecule has 0 bridgehead atoms. The molecule has 2 aromatic carbocycles. The van der Waals surface area contributed by atoms with Gasteiger partial charge in [0, 0.05) is 12.1 Å². The van der Waals surface area contributed by atoms with Crippen LogP contribution >= 0.6 is 0 Å². The normalized spacial score (nSPS) is 9.95. The molecule has 0 spiro atoms. The predicted octanol–water partition coefficient (Wildman–Crippen LogP) is 3.60. The van der Waals surface area contributed by atoms with Crippen molar-refractivity contribution < 1.29 is 23.4 Å². The zero-order chi connectivity index (χ0) is 16.1. The molecule has 0 atom stereocenters. The van der Waals surface area contributed by atoms with Gasteiger partial charge < -0.3 is 14.2 Å². The zero-order valence-electron chi connectivity index (χ0n) is 12.3. The molecule has 0 aliphatic heterocycles. The van der Waals surface area contributed by atoms with E-state index in [-0.39, 0.29) is 11.3 Å². The quantitative estimate of drug-likeness (QED) is 0.481. The Bertz CT molecular complexity index is 688. The summed E-state index contributed by atoms with van der Waals surface area (Å²) in [4.78, 5) is 11.4.